The molecule has 0 bridgehead atoms. The van der Waals surface area contributed by atoms with Crippen LogP contribution >= 0.6 is 0 Å². The molecule has 2 heteroatoms. The summed E-state index contributed by atoms with van der Waals surface area (Å²) in [6.45, 7) is 3.63. The molecule has 0 aliphatic carbocycles. The van der Waals surface area contributed by atoms with E-state index in [-0.39, 0.29) is 22.5 Å². The molecule has 0 spiro atoms. The second kappa shape index (κ2) is 6.56. The maximum Gasteiger partial charge on any atom is 2.00 e. The first-order chi connectivity index (χ1) is 3.93. The molecule has 0 saturated carbocycles. The summed E-state index contributed by atoms with van der Waals surface area (Å²) in [5.41, 5.74) is 1.17. The summed E-state index contributed by atoms with van der Waals surface area (Å²) in [6.07, 6.45) is 1.83. The van der Waals surface area contributed by atoms with Gasteiger partial charge in [-0.2, -0.15) is 0 Å². The molecule has 0 aliphatic heterocycles. The number of benzene rings is 1. The first-order valence-electron chi connectivity index (χ1n) is 2.61. The van der Waals surface area contributed by atoms with E-state index < -0.39 is 0 Å². The van der Waals surface area contributed by atoms with Crippen molar-refractivity contribution in [3.05, 3.63) is 42.5 Å². The Morgan fingerprint density at radius 1 is 1.10 bits per heavy atom. The molecule has 10 heavy (non-hydrogen) atoms. The van der Waals surface area contributed by atoms with Crippen LogP contribution in [-0.4, -0.2) is 0 Å². The summed E-state index contributed by atoms with van der Waals surface area (Å²) < 4.78 is 0. The Balaban J connectivity index is 0. The summed E-state index contributed by atoms with van der Waals surface area (Å²) in [6, 6.07) is 10.0. The average molecular weight is 176 g/mol. The zero-order valence-corrected chi connectivity index (χ0v) is 6.54. The van der Waals surface area contributed by atoms with Gasteiger partial charge in [-0.15, -0.1) is 0 Å². The first-order valence-corrected chi connectivity index (χ1v) is 2.61. The van der Waals surface area contributed by atoms with Crippen LogP contribution in [0.2, 0.25) is 0 Å². The molecular formula is C8H8FeO. The fraction of sp³-hybridized carbons (Fsp3) is 0. The van der Waals surface area contributed by atoms with Gasteiger partial charge in [0.2, 0.25) is 0 Å². The minimum absolute atomic E-state index is 0. The van der Waals surface area contributed by atoms with Crippen LogP contribution in [0.1, 0.15) is 5.56 Å². The van der Waals surface area contributed by atoms with E-state index in [9.17, 15) is 0 Å². The Kier molecular flexibility index (Phi) is 7.97. The molecule has 0 aromatic heterocycles. The van der Waals surface area contributed by atoms with Crippen LogP contribution < -0.4 is 0 Å². The predicted molar refractivity (Wildman–Crippen MR) is 37.2 cm³/mol. The molecule has 0 amide bonds. The van der Waals surface area contributed by atoms with Gasteiger partial charge in [0.15, 0.2) is 0 Å². The van der Waals surface area contributed by atoms with Gasteiger partial charge in [0.1, 0.15) is 0 Å². The standard InChI is InChI=1S/C8H8.Fe.O/c1-2-8-6-4-3-5-7-8;;/h2-7H,1H2;;/q;+2;-2. The summed E-state index contributed by atoms with van der Waals surface area (Å²) in [5.74, 6) is 0. The van der Waals surface area contributed by atoms with Crippen molar-refractivity contribution in [3.8, 4) is 0 Å². The van der Waals surface area contributed by atoms with E-state index in [1.165, 1.54) is 5.56 Å². The van der Waals surface area contributed by atoms with Crippen molar-refractivity contribution >= 4 is 6.08 Å². The average Bonchev–Trinajstić information content (AvgIpc) is 1.90. The monoisotopic (exact) mass is 176 g/mol. The van der Waals surface area contributed by atoms with E-state index in [2.05, 4.69) is 6.58 Å². The van der Waals surface area contributed by atoms with Crippen LogP contribution in [0.5, 0.6) is 0 Å². The second-order valence-corrected chi connectivity index (χ2v) is 1.61. The molecule has 1 aromatic carbocycles. The molecule has 0 saturated heterocycles. The molecule has 0 fully saturated rings. The molecule has 0 unspecified atom stereocenters. The Bertz CT molecular complexity index is 172. The van der Waals surface area contributed by atoms with E-state index in [0.717, 1.165) is 0 Å². The van der Waals surface area contributed by atoms with E-state index in [0.29, 0.717) is 0 Å². The quantitative estimate of drug-likeness (QED) is 0.587. The van der Waals surface area contributed by atoms with Crippen LogP contribution in [0.3, 0.4) is 0 Å². The summed E-state index contributed by atoms with van der Waals surface area (Å²) in [4.78, 5) is 0. The summed E-state index contributed by atoms with van der Waals surface area (Å²) in [7, 11) is 0. The van der Waals surface area contributed by atoms with Crippen molar-refractivity contribution in [2.75, 3.05) is 0 Å². The maximum absolute atomic E-state index is 3.63. The number of hydrogen-bond acceptors (Lipinski definition) is 0. The van der Waals surface area contributed by atoms with Crippen LogP contribution in [0.4, 0.5) is 0 Å². The van der Waals surface area contributed by atoms with Gasteiger partial charge in [0.05, 0.1) is 0 Å². The Morgan fingerprint density at radius 3 is 1.90 bits per heavy atom. The maximum atomic E-state index is 3.63. The van der Waals surface area contributed by atoms with Crippen molar-refractivity contribution in [1.29, 1.82) is 0 Å². The third-order valence-electron chi connectivity index (χ3n) is 1.04. The second-order valence-electron chi connectivity index (χ2n) is 1.61. The molecule has 0 heterocycles. The van der Waals surface area contributed by atoms with Gasteiger partial charge in [0, 0.05) is 0 Å². The zero-order valence-electron chi connectivity index (χ0n) is 5.43. The first kappa shape index (κ1) is 12.1. The van der Waals surface area contributed by atoms with Crippen LogP contribution in [0.15, 0.2) is 36.9 Å². The van der Waals surface area contributed by atoms with Gasteiger partial charge in [0.25, 0.3) is 0 Å². The van der Waals surface area contributed by atoms with E-state index in [4.69, 9.17) is 0 Å². The van der Waals surface area contributed by atoms with Crippen LogP contribution in [0.25, 0.3) is 6.08 Å². The summed E-state index contributed by atoms with van der Waals surface area (Å²) in [5, 5.41) is 0. The van der Waals surface area contributed by atoms with Gasteiger partial charge >= 0.3 is 17.1 Å². The minimum atomic E-state index is 0. The smallest absolute Gasteiger partial charge is 2.00 e. The minimum Gasteiger partial charge on any atom is -2.00 e. The molecule has 1 aromatic rings. The summed E-state index contributed by atoms with van der Waals surface area (Å²) >= 11 is 0. The fourth-order valence-corrected chi connectivity index (χ4v) is 0.589. The molecule has 0 N–H and O–H groups in total. The van der Waals surface area contributed by atoms with Crippen LogP contribution in [0, 0.1) is 0 Å². The normalized spacial score (nSPS) is 6.80. The van der Waals surface area contributed by atoms with Gasteiger partial charge in [-0.3, -0.25) is 0 Å². The van der Waals surface area contributed by atoms with Crippen molar-refractivity contribution in [2.45, 2.75) is 0 Å². The Hall–Kier alpha value is -0.561. The Morgan fingerprint density at radius 2 is 1.60 bits per heavy atom. The molecule has 0 aliphatic rings. The fourth-order valence-electron chi connectivity index (χ4n) is 0.589. The zero-order chi connectivity index (χ0) is 5.82. The molecule has 54 valence electrons. The molecular weight excluding hydrogens is 168 g/mol. The number of hydrogen-bond donors (Lipinski definition) is 0. The molecule has 0 radical (unpaired) electrons. The molecule has 1 nitrogen and oxygen atoms in total. The predicted octanol–water partition coefficient (Wildman–Crippen LogP) is 2.21. The SMILES string of the molecule is C=Cc1ccccc1.[Fe+2].[O-2]. The van der Waals surface area contributed by atoms with Crippen molar-refractivity contribution in [3.63, 3.8) is 0 Å². The van der Waals surface area contributed by atoms with Gasteiger partial charge < -0.3 is 5.48 Å². The van der Waals surface area contributed by atoms with E-state index in [1.807, 2.05) is 36.4 Å². The van der Waals surface area contributed by atoms with E-state index >= 15 is 0 Å². The topological polar surface area (TPSA) is 28.5 Å². The van der Waals surface area contributed by atoms with Gasteiger partial charge in [-0.1, -0.05) is 43.0 Å². The van der Waals surface area contributed by atoms with Gasteiger partial charge in [-0.25, -0.2) is 0 Å². The third-order valence-corrected chi connectivity index (χ3v) is 1.04. The van der Waals surface area contributed by atoms with Crippen molar-refractivity contribution < 1.29 is 22.5 Å². The molecule has 1 rings (SSSR count). The van der Waals surface area contributed by atoms with E-state index in [1.54, 1.807) is 0 Å². The third kappa shape index (κ3) is 3.46. The van der Waals surface area contributed by atoms with Crippen molar-refractivity contribution in [1.82, 2.24) is 0 Å². The Labute approximate surface area is 71.5 Å². The largest absolute Gasteiger partial charge is 2.00 e. The number of rotatable bonds is 1. The van der Waals surface area contributed by atoms with Crippen LogP contribution in [-0.2, 0) is 22.5 Å². The van der Waals surface area contributed by atoms with Crippen molar-refractivity contribution in [2.24, 2.45) is 0 Å². The van der Waals surface area contributed by atoms with Gasteiger partial charge in [-0.05, 0) is 5.56 Å². The molecule has 0 atom stereocenters.